The molecule has 2 aromatic rings. The molecule has 2 N–H and O–H groups in total. The van der Waals surface area contributed by atoms with Crippen molar-refractivity contribution < 1.29 is 4.39 Å². The Morgan fingerprint density at radius 2 is 2.08 bits per heavy atom. The Kier molecular flexibility index (Phi) is 11.4. The highest BCUT2D eigenvalue weighted by Crippen LogP contribution is 2.16. The normalized spacial score (nSPS) is 11.0. The molecule has 142 valence electrons. The molecule has 7 heteroatoms. The Morgan fingerprint density at radius 1 is 1.23 bits per heavy atom. The predicted molar refractivity (Wildman–Crippen MR) is 120 cm³/mol. The summed E-state index contributed by atoms with van der Waals surface area (Å²) in [5, 5.41) is 6.55. The molecule has 0 saturated heterocycles. The highest BCUT2D eigenvalue weighted by molar-refractivity contribution is 14.0. The Balaban J connectivity index is 0.00000338. The molecular formula is C19H25BrFIN4. The monoisotopic (exact) mass is 534 g/mol. The van der Waals surface area contributed by atoms with Crippen molar-refractivity contribution in [2.45, 2.75) is 26.2 Å². The van der Waals surface area contributed by atoms with Gasteiger partial charge in [0.05, 0.1) is 0 Å². The van der Waals surface area contributed by atoms with Crippen LogP contribution in [0.15, 0.2) is 52.2 Å². The fourth-order valence-corrected chi connectivity index (χ4v) is 2.73. The molecule has 0 spiro atoms. The summed E-state index contributed by atoms with van der Waals surface area (Å²) in [6, 6.07) is 9.19. The van der Waals surface area contributed by atoms with E-state index in [1.165, 1.54) is 11.6 Å². The number of aryl methyl sites for hydroxylation is 1. The molecule has 1 aromatic heterocycles. The molecular weight excluding hydrogens is 510 g/mol. The molecule has 0 fully saturated rings. The van der Waals surface area contributed by atoms with Gasteiger partial charge in [0, 0.05) is 36.5 Å². The zero-order chi connectivity index (χ0) is 17.9. The van der Waals surface area contributed by atoms with Gasteiger partial charge < -0.3 is 10.6 Å². The van der Waals surface area contributed by atoms with Crippen molar-refractivity contribution in [1.29, 1.82) is 0 Å². The minimum atomic E-state index is -0.167. The third kappa shape index (κ3) is 8.44. The van der Waals surface area contributed by atoms with Crippen LogP contribution in [0.1, 0.15) is 24.5 Å². The van der Waals surface area contributed by atoms with Crippen LogP contribution in [0.5, 0.6) is 0 Å². The highest BCUT2D eigenvalue weighted by atomic mass is 127. The summed E-state index contributed by atoms with van der Waals surface area (Å²) in [6.45, 7) is 4.28. The fraction of sp³-hybridized carbons (Fsp3) is 0.368. The quantitative estimate of drug-likeness (QED) is 0.229. The van der Waals surface area contributed by atoms with Crippen LogP contribution in [-0.4, -0.2) is 30.6 Å². The van der Waals surface area contributed by atoms with Gasteiger partial charge in [-0.1, -0.05) is 28.1 Å². The number of benzene rings is 1. The molecule has 2 rings (SSSR count). The molecule has 0 aliphatic rings. The van der Waals surface area contributed by atoms with E-state index >= 15 is 0 Å². The zero-order valence-electron chi connectivity index (χ0n) is 14.8. The molecule has 0 amide bonds. The van der Waals surface area contributed by atoms with E-state index < -0.39 is 0 Å². The zero-order valence-corrected chi connectivity index (χ0v) is 18.8. The van der Waals surface area contributed by atoms with E-state index in [9.17, 15) is 4.39 Å². The van der Waals surface area contributed by atoms with Gasteiger partial charge in [-0.3, -0.25) is 9.98 Å². The second kappa shape index (κ2) is 13.0. The van der Waals surface area contributed by atoms with E-state index in [4.69, 9.17) is 0 Å². The first-order chi connectivity index (χ1) is 12.2. The van der Waals surface area contributed by atoms with Crippen LogP contribution in [0.4, 0.5) is 4.39 Å². The number of guanidine groups is 1. The molecule has 0 aliphatic carbocycles. The van der Waals surface area contributed by atoms with Gasteiger partial charge in [-0.05, 0) is 55.5 Å². The van der Waals surface area contributed by atoms with Crippen LogP contribution in [-0.2, 0) is 12.8 Å². The lowest BCUT2D eigenvalue weighted by atomic mass is 10.1. The van der Waals surface area contributed by atoms with Crippen LogP contribution in [0.2, 0.25) is 0 Å². The molecule has 0 bridgehead atoms. The topological polar surface area (TPSA) is 49.3 Å². The molecule has 0 saturated carbocycles. The lowest BCUT2D eigenvalue weighted by molar-refractivity contribution is 0.604. The molecule has 0 aliphatic heterocycles. The number of halogens is 3. The first kappa shape index (κ1) is 22.8. The molecule has 1 heterocycles. The van der Waals surface area contributed by atoms with Crippen LogP contribution in [0.25, 0.3) is 0 Å². The van der Waals surface area contributed by atoms with Crippen LogP contribution in [0, 0.1) is 5.82 Å². The van der Waals surface area contributed by atoms with E-state index in [1.807, 2.05) is 31.3 Å². The van der Waals surface area contributed by atoms with Gasteiger partial charge in [0.25, 0.3) is 0 Å². The van der Waals surface area contributed by atoms with Crippen molar-refractivity contribution >= 4 is 45.9 Å². The summed E-state index contributed by atoms with van der Waals surface area (Å²) in [4.78, 5) is 8.67. The van der Waals surface area contributed by atoms with Gasteiger partial charge >= 0.3 is 0 Å². The van der Waals surface area contributed by atoms with Crippen molar-refractivity contribution in [3.05, 3.63) is 64.1 Å². The third-order valence-electron chi connectivity index (χ3n) is 3.66. The smallest absolute Gasteiger partial charge is 0.191 e. The van der Waals surface area contributed by atoms with E-state index in [1.54, 1.807) is 6.20 Å². The van der Waals surface area contributed by atoms with Crippen molar-refractivity contribution in [3.63, 3.8) is 0 Å². The average Bonchev–Trinajstić information content (AvgIpc) is 2.61. The summed E-state index contributed by atoms with van der Waals surface area (Å²) in [6.07, 6.45) is 6.02. The molecule has 0 atom stereocenters. The summed E-state index contributed by atoms with van der Waals surface area (Å²) in [5.74, 6) is 0.627. The molecule has 26 heavy (non-hydrogen) atoms. The first-order valence-electron chi connectivity index (χ1n) is 8.54. The van der Waals surface area contributed by atoms with Crippen LogP contribution >= 0.6 is 39.9 Å². The van der Waals surface area contributed by atoms with Gasteiger partial charge in [0.1, 0.15) is 5.82 Å². The van der Waals surface area contributed by atoms with Crippen molar-refractivity contribution in [1.82, 2.24) is 15.6 Å². The number of aliphatic imine (C=N–C) groups is 1. The number of hydrogen-bond donors (Lipinski definition) is 2. The van der Waals surface area contributed by atoms with Gasteiger partial charge in [0.2, 0.25) is 0 Å². The number of nitrogens with zero attached hydrogens (tertiary/aromatic N) is 2. The van der Waals surface area contributed by atoms with Crippen LogP contribution < -0.4 is 10.6 Å². The van der Waals surface area contributed by atoms with Crippen molar-refractivity contribution in [2.75, 3.05) is 19.6 Å². The van der Waals surface area contributed by atoms with Crippen molar-refractivity contribution in [3.8, 4) is 0 Å². The number of pyridine rings is 1. The molecule has 0 unspecified atom stereocenters. The molecule has 0 radical (unpaired) electrons. The van der Waals surface area contributed by atoms with Crippen molar-refractivity contribution in [2.24, 2.45) is 4.99 Å². The average molecular weight is 535 g/mol. The van der Waals surface area contributed by atoms with Gasteiger partial charge in [0.15, 0.2) is 5.96 Å². The summed E-state index contributed by atoms with van der Waals surface area (Å²) >= 11 is 3.27. The molecule has 1 aromatic carbocycles. The number of rotatable bonds is 8. The summed E-state index contributed by atoms with van der Waals surface area (Å²) in [7, 11) is 0. The predicted octanol–water partition coefficient (Wildman–Crippen LogP) is 4.33. The summed E-state index contributed by atoms with van der Waals surface area (Å²) in [5.41, 5.74) is 1.92. The Morgan fingerprint density at radius 3 is 2.77 bits per heavy atom. The second-order valence-corrected chi connectivity index (χ2v) is 6.55. The Labute approximate surface area is 180 Å². The lowest BCUT2D eigenvalue weighted by Gasteiger charge is -2.11. The van der Waals surface area contributed by atoms with E-state index in [-0.39, 0.29) is 29.8 Å². The summed E-state index contributed by atoms with van der Waals surface area (Å²) < 4.78 is 14.6. The Bertz CT molecular complexity index is 682. The van der Waals surface area contributed by atoms with E-state index in [2.05, 4.69) is 42.6 Å². The fourth-order valence-electron chi connectivity index (χ4n) is 2.40. The van der Waals surface area contributed by atoms with E-state index in [0.29, 0.717) is 13.0 Å². The minimum Gasteiger partial charge on any atom is -0.357 e. The van der Waals surface area contributed by atoms with Crippen LogP contribution in [0.3, 0.4) is 0 Å². The lowest BCUT2D eigenvalue weighted by Crippen LogP contribution is -2.38. The maximum Gasteiger partial charge on any atom is 0.191 e. The standard InChI is InChI=1S/C19H24BrFN4.HI/c1-2-23-19(25-12-9-15-5-3-10-22-14-15)24-11-4-6-16-7-8-17(20)13-18(16)21;/h3,5,7-8,10,13-14H,2,4,6,9,11-12H2,1H3,(H2,23,24,25);1H. The number of hydrogen-bond acceptors (Lipinski definition) is 2. The largest absolute Gasteiger partial charge is 0.357 e. The maximum atomic E-state index is 13.8. The Hall–Kier alpha value is -1.22. The van der Waals surface area contributed by atoms with Gasteiger partial charge in [-0.25, -0.2) is 4.39 Å². The maximum absolute atomic E-state index is 13.8. The minimum absolute atomic E-state index is 0. The van der Waals surface area contributed by atoms with E-state index in [0.717, 1.165) is 41.9 Å². The van der Waals surface area contributed by atoms with Gasteiger partial charge in [-0.2, -0.15) is 0 Å². The third-order valence-corrected chi connectivity index (χ3v) is 4.16. The first-order valence-corrected chi connectivity index (χ1v) is 9.33. The SMILES string of the molecule is CCNC(=NCCCc1ccc(Br)cc1F)NCCc1cccnc1.I. The molecule has 4 nitrogen and oxygen atoms in total. The number of nitrogens with one attached hydrogen (secondary N) is 2. The second-order valence-electron chi connectivity index (χ2n) is 5.64. The van der Waals surface area contributed by atoms with Gasteiger partial charge in [-0.15, -0.1) is 24.0 Å². The number of aromatic nitrogens is 1. The highest BCUT2D eigenvalue weighted by Gasteiger charge is 2.03.